The molecule has 0 saturated heterocycles. The van der Waals surface area contributed by atoms with Gasteiger partial charge < -0.3 is 10.1 Å². The summed E-state index contributed by atoms with van der Waals surface area (Å²) in [6.07, 6.45) is 0. The molecule has 0 spiro atoms. The van der Waals surface area contributed by atoms with Gasteiger partial charge in [-0.1, -0.05) is 0 Å². The van der Waals surface area contributed by atoms with Crippen LogP contribution in [0.5, 0.6) is 5.75 Å². The quantitative estimate of drug-likeness (QED) is 0.698. The van der Waals surface area contributed by atoms with E-state index < -0.39 is 23.5 Å². The lowest BCUT2D eigenvalue weighted by atomic mass is 10.2. The molecule has 0 aromatic heterocycles. The highest BCUT2D eigenvalue weighted by molar-refractivity contribution is 6.04. The largest absolute Gasteiger partial charge is 0.427 e. The van der Waals surface area contributed by atoms with Crippen molar-refractivity contribution in [3.05, 3.63) is 59.7 Å². The number of hydrogen-bond acceptors (Lipinski definition) is 3. The lowest BCUT2D eigenvalue weighted by Gasteiger charge is -2.06. The molecular weight excluding hydrogens is 280 g/mol. The fraction of sp³-hybridized carbons (Fsp3) is 0.0667. The number of halogens is 2. The number of amides is 1. The average Bonchev–Trinajstić information content (AvgIpc) is 2.43. The highest BCUT2D eigenvalue weighted by atomic mass is 19.2. The van der Waals surface area contributed by atoms with E-state index in [1.807, 2.05) is 0 Å². The zero-order valence-electron chi connectivity index (χ0n) is 11.0. The van der Waals surface area contributed by atoms with Gasteiger partial charge in [0.05, 0.1) is 0 Å². The molecule has 0 unspecified atom stereocenters. The van der Waals surface area contributed by atoms with Crippen LogP contribution in [0.15, 0.2) is 42.5 Å². The average molecular weight is 291 g/mol. The summed E-state index contributed by atoms with van der Waals surface area (Å²) < 4.78 is 30.6. The van der Waals surface area contributed by atoms with E-state index in [1.165, 1.54) is 37.3 Å². The normalized spacial score (nSPS) is 10.0. The molecule has 4 nitrogen and oxygen atoms in total. The third-order valence-corrected chi connectivity index (χ3v) is 2.56. The van der Waals surface area contributed by atoms with Gasteiger partial charge in [-0.25, -0.2) is 8.78 Å². The van der Waals surface area contributed by atoms with Crippen molar-refractivity contribution in [3.8, 4) is 5.75 Å². The van der Waals surface area contributed by atoms with E-state index in [2.05, 4.69) is 5.32 Å². The molecule has 21 heavy (non-hydrogen) atoms. The van der Waals surface area contributed by atoms with Crippen molar-refractivity contribution in [2.75, 3.05) is 5.32 Å². The van der Waals surface area contributed by atoms with Gasteiger partial charge in [-0.2, -0.15) is 0 Å². The molecule has 1 amide bonds. The molecule has 0 saturated carbocycles. The van der Waals surface area contributed by atoms with Crippen LogP contribution in [0.3, 0.4) is 0 Å². The van der Waals surface area contributed by atoms with Gasteiger partial charge >= 0.3 is 5.97 Å². The number of carbonyl (C=O) groups excluding carboxylic acids is 2. The second-order valence-electron chi connectivity index (χ2n) is 4.20. The Morgan fingerprint density at radius 2 is 1.67 bits per heavy atom. The number of benzene rings is 2. The van der Waals surface area contributed by atoms with Crippen molar-refractivity contribution in [1.29, 1.82) is 0 Å². The zero-order chi connectivity index (χ0) is 15.4. The first kappa shape index (κ1) is 14.6. The third kappa shape index (κ3) is 3.85. The molecule has 0 aliphatic heterocycles. The molecule has 2 rings (SSSR count). The number of carbonyl (C=O) groups is 2. The maximum atomic E-state index is 13.0. The van der Waals surface area contributed by atoms with Gasteiger partial charge in [0.2, 0.25) is 0 Å². The molecule has 108 valence electrons. The summed E-state index contributed by atoms with van der Waals surface area (Å²) in [4.78, 5) is 22.7. The molecular formula is C15H11F2NO3. The summed E-state index contributed by atoms with van der Waals surface area (Å²) in [5, 5.41) is 2.43. The Hall–Kier alpha value is -2.76. The predicted octanol–water partition coefficient (Wildman–Crippen LogP) is 3.14. The number of esters is 1. The minimum absolute atomic E-state index is 0.142. The highest BCUT2D eigenvalue weighted by Gasteiger charge is 2.09. The van der Waals surface area contributed by atoms with Crippen LogP contribution in [0.2, 0.25) is 0 Å². The molecule has 0 heterocycles. The first-order chi connectivity index (χ1) is 9.95. The number of nitrogens with one attached hydrogen (secondary N) is 1. The van der Waals surface area contributed by atoms with E-state index in [4.69, 9.17) is 4.74 Å². The summed E-state index contributed by atoms with van der Waals surface area (Å²) in [5.74, 6) is -2.67. The highest BCUT2D eigenvalue weighted by Crippen LogP contribution is 2.16. The monoisotopic (exact) mass is 291 g/mol. The maximum absolute atomic E-state index is 13.0. The van der Waals surface area contributed by atoms with Crippen LogP contribution in [0.4, 0.5) is 14.5 Å². The van der Waals surface area contributed by atoms with Crippen LogP contribution in [-0.4, -0.2) is 11.9 Å². The van der Waals surface area contributed by atoms with E-state index in [0.29, 0.717) is 5.75 Å². The Morgan fingerprint density at radius 1 is 1.00 bits per heavy atom. The molecule has 2 aromatic carbocycles. The lowest BCUT2D eigenvalue weighted by molar-refractivity contribution is -0.131. The molecule has 0 radical (unpaired) electrons. The van der Waals surface area contributed by atoms with Crippen LogP contribution in [-0.2, 0) is 4.79 Å². The van der Waals surface area contributed by atoms with E-state index in [0.717, 1.165) is 12.1 Å². The third-order valence-electron chi connectivity index (χ3n) is 2.56. The molecule has 2 aromatic rings. The predicted molar refractivity (Wildman–Crippen MR) is 72.1 cm³/mol. The van der Waals surface area contributed by atoms with Crippen LogP contribution >= 0.6 is 0 Å². The summed E-state index contributed by atoms with van der Waals surface area (Å²) in [5.41, 5.74) is 0.429. The van der Waals surface area contributed by atoms with Gasteiger partial charge in [0.1, 0.15) is 5.75 Å². The van der Waals surface area contributed by atoms with Crippen molar-refractivity contribution < 1.29 is 23.1 Å². The molecule has 0 atom stereocenters. The molecule has 0 aliphatic carbocycles. The summed E-state index contributed by atoms with van der Waals surface area (Å²) in [7, 11) is 0. The Morgan fingerprint density at radius 3 is 2.24 bits per heavy atom. The molecule has 6 heteroatoms. The van der Waals surface area contributed by atoms with Gasteiger partial charge in [0.25, 0.3) is 5.91 Å². The number of hydrogen-bond donors (Lipinski definition) is 1. The summed E-state index contributed by atoms with van der Waals surface area (Å²) in [6.45, 7) is 1.27. The van der Waals surface area contributed by atoms with Crippen molar-refractivity contribution >= 4 is 17.6 Å². The van der Waals surface area contributed by atoms with Gasteiger partial charge in [-0.05, 0) is 36.4 Å². The van der Waals surface area contributed by atoms with Crippen molar-refractivity contribution in [2.45, 2.75) is 6.92 Å². The molecule has 0 fully saturated rings. The summed E-state index contributed by atoms with van der Waals surface area (Å²) in [6, 6.07) is 8.89. The zero-order valence-corrected chi connectivity index (χ0v) is 11.0. The van der Waals surface area contributed by atoms with Crippen molar-refractivity contribution in [3.63, 3.8) is 0 Å². The Balaban J connectivity index is 2.09. The molecule has 1 N–H and O–H groups in total. The fourth-order valence-corrected chi connectivity index (χ4v) is 1.62. The molecule has 0 aliphatic rings. The van der Waals surface area contributed by atoms with Crippen LogP contribution in [0.25, 0.3) is 0 Å². The minimum Gasteiger partial charge on any atom is -0.427 e. The standard InChI is InChI=1S/C15H11F2NO3/c1-9(19)21-12-5-2-10(3-6-12)15(20)18-11-4-7-13(16)14(17)8-11/h2-8H,1H3,(H,18,20). The minimum atomic E-state index is -1.04. The molecule has 0 bridgehead atoms. The van der Waals surface area contributed by atoms with E-state index in [1.54, 1.807) is 0 Å². The van der Waals surface area contributed by atoms with Crippen LogP contribution in [0.1, 0.15) is 17.3 Å². The second kappa shape index (κ2) is 6.13. The van der Waals surface area contributed by atoms with Gasteiger partial charge in [-0.3, -0.25) is 9.59 Å². The van der Waals surface area contributed by atoms with E-state index in [-0.39, 0.29) is 11.3 Å². The maximum Gasteiger partial charge on any atom is 0.308 e. The number of ether oxygens (including phenoxy) is 1. The first-order valence-electron chi connectivity index (χ1n) is 6.00. The number of anilines is 1. The lowest BCUT2D eigenvalue weighted by Crippen LogP contribution is -2.12. The smallest absolute Gasteiger partial charge is 0.308 e. The Kier molecular flexibility index (Phi) is 4.27. The second-order valence-corrected chi connectivity index (χ2v) is 4.20. The Labute approximate surface area is 119 Å². The SMILES string of the molecule is CC(=O)Oc1ccc(C(=O)Nc2ccc(F)c(F)c2)cc1. The Bertz CT molecular complexity index is 684. The van der Waals surface area contributed by atoms with Crippen LogP contribution < -0.4 is 10.1 Å². The topological polar surface area (TPSA) is 55.4 Å². The number of rotatable bonds is 3. The van der Waals surface area contributed by atoms with Gasteiger partial charge in [0.15, 0.2) is 11.6 Å². The van der Waals surface area contributed by atoms with Gasteiger partial charge in [0, 0.05) is 24.2 Å². The van der Waals surface area contributed by atoms with E-state index >= 15 is 0 Å². The van der Waals surface area contributed by atoms with Gasteiger partial charge in [-0.15, -0.1) is 0 Å². The fourth-order valence-electron chi connectivity index (χ4n) is 1.62. The summed E-state index contributed by atoms with van der Waals surface area (Å²) >= 11 is 0. The van der Waals surface area contributed by atoms with Crippen molar-refractivity contribution in [2.24, 2.45) is 0 Å². The van der Waals surface area contributed by atoms with E-state index in [9.17, 15) is 18.4 Å². The van der Waals surface area contributed by atoms with Crippen LogP contribution in [0, 0.1) is 11.6 Å². The van der Waals surface area contributed by atoms with Crippen molar-refractivity contribution in [1.82, 2.24) is 0 Å². The first-order valence-corrected chi connectivity index (χ1v) is 6.00.